The van der Waals surface area contributed by atoms with Crippen LogP contribution < -0.4 is 5.32 Å². The predicted octanol–water partition coefficient (Wildman–Crippen LogP) is 5.62. The molecule has 42 heavy (non-hydrogen) atoms. The van der Waals surface area contributed by atoms with E-state index in [4.69, 9.17) is 10.00 Å². The third-order valence-corrected chi connectivity index (χ3v) is 9.17. The van der Waals surface area contributed by atoms with E-state index in [2.05, 4.69) is 16.3 Å². The van der Waals surface area contributed by atoms with Crippen molar-refractivity contribution < 1.29 is 23.1 Å². The zero-order valence-corrected chi connectivity index (χ0v) is 24.3. The number of benzene rings is 2. The van der Waals surface area contributed by atoms with E-state index in [1.54, 1.807) is 24.3 Å². The lowest BCUT2D eigenvalue weighted by Gasteiger charge is -2.37. The molecule has 1 spiro atoms. The molecule has 2 amide bonds. The Labute approximate surface area is 246 Å². The van der Waals surface area contributed by atoms with Gasteiger partial charge in [0.1, 0.15) is 5.60 Å². The summed E-state index contributed by atoms with van der Waals surface area (Å²) in [6.07, 6.45) is 5.51. The molecule has 1 saturated carbocycles. The molecule has 224 valence electrons. The summed E-state index contributed by atoms with van der Waals surface area (Å²) < 4.78 is 33.0. The van der Waals surface area contributed by atoms with E-state index < -0.39 is 11.5 Å². The van der Waals surface area contributed by atoms with Crippen molar-refractivity contribution in [2.24, 2.45) is 11.8 Å². The lowest BCUT2D eigenvalue weighted by Crippen LogP contribution is -2.46. The van der Waals surface area contributed by atoms with Gasteiger partial charge in [-0.1, -0.05) is 36.4 Å². The fourth-order valence-corrected chi connectivity index (χ4v) is 6.51. The van der Waals surface area contributed by atoms with E-state index in [-0.39, 0.29) is 23.5 Å². The van der Waals surface area contributed by atoms with Crippen LogP contribution in [0.5, 0.6) is 0 Å². The summed E-state index contributed by atoms with van der Waals surface area (Å²) in [5, 5.41) is 12.0. The Hall–Kier alpha value is -3.51. The highest BCUT2D eigenvalue weighted by Gasteiger charge is 2.47. The third kappa shape index (κ3) is 7.46. The summed E-state index contributed by atoms with van der Waals surface area (Å²) in [6, 6.07) is 16.1. The van der Waals surface area contributed by atoms with Crippen LogP contribution in [0.25, 0.3) is 0 Å². The molecule has 7 nitrogen and oxygen atoms in total. The molecule has 2 aromatic carbocycles. The van der Waals surface area contributed by atoms with Crippen molar-refractivity contribution in [3.8, 4) is 6.07 Å². The molecule has 0 bridgehead atoms. The molecule has 9 heteroatoms. The molecular weight excluding hydrogens is 538 g/mol. The molecule has 2 saturated heterocycles. The Morgan fingerprint density at radius 2 is 1.69 bits per heavy atom. The van der Waals surface area contributed by atoms with Crippen molar-refractivity contribution in [3.63, 3.8) is 0 Å². The van der Waals surface area contributed by atoms with Gasteiger partial charge in [0, 0.05) is 64.0 Å². The minimum Gasteiger partial charge on any atom is -0.441 e. The van der Waals surface area contributed by atoms with Crippen molar-refractivity contribution in [2.45, 2.75) is 69.9 Å². The first-order valence-corrected chi connectivity index (χ1v) is 15.1. The van der Waals surface area contributed by atoms with Crippen molar-refractivity contribution >= 4 is 12.0 Å². The molecule has 1 N–H and O–H groups in total. The number of carbonyl (C=O) groups excluding carboxylic acids is 2. The summed E-state index contributed by atoms with van der Waals surface area (Å²) in [7, 11) is 0. The average molecular weight is 579 g/mol. The van der Waals surface area contributed by atoms with Crippen LogP contribution in [0, 0.1) is 23.2 Å². The SMILES string of the molecule is CC(F)(F)c1ccc(CN2CCC3(CC2)CN(CC2CCC(C(=O)NCCc4ccc(C#N)cc4)CC2)C(=O)O3)cc1. The number of halogens is 2. The number of hydrogen-bond donors (Lipinski definition) is 1. The van der Waals surface area contributed by atoms with Gasteiger partial charge in [-0.25, -0.2) is 13.6 Å². The van der Waals surface area contributed by atoms with Crippen molar-refractivity contribution in [1.29, 1.82) is 5.26 Å². The Kier molecular flexibility index (Phi) is 9.12. The smallest absolute Gasteiger partial charge is 0.410 e. The first-order valence-electron chi connectivity index (χ1n) is 15.1. The van der Waals surface area contributed by atoms with E-state index in [0.717, 1.165) is 76.1 Å². The molecule has 0 radical (unpaired) electrons. The number of ether oxygens (including phenoxy) is 1. The van der Waals surface area contributed by atoms with Crippen LogP contribution in [0.4, 0.5) is 13.6 Å². The molecular formula is C33H40F2N4O3. The summed E-state index contributed by atoms with van der Waals surface area (Å²) >= 11 is 0. The molecule has 3 fully saturated rings. The van der Waals surface area contributed by atoms with Gasteiger partial charge < -0.3 is 15.0 Å². The molecule has 2 aromatic rings. The highest BCUT2D eigenvalue weighted by atomic mass is 19.3. The van der Waals surface area contributed by atoms with E-state index >= 15 is 0 Å². The summed E-state index contributed by atoms with van der Waals surface area (Å²) in [5.41, 5.74) is 2.30. The van der Waals surface area contributed by atoms with Crippen LogP contribution in [0.2, 0.25) is 0 Å². The van der Waals surface area contributed by atoms with Gasteiger partial charge in [0.2, 0.25) is 5.91 Å². The quantitative estimate of drug-likeness (QED) is 0.417. The number of hydrogen-bond acceptors (Lipinski definition) is 5. The van der Waals surface area contributed by atoms with Crippen LogP contribution in [-0.4, -0.2) is 60.1 Å². The topological polar surface area (TPSA) is 85.7 Å². The predicted molar refractivity (Wildman–Crippen MR) is 155 cm³/mol. The Balaban J connectivity index is 1.01. The standard InChI is InChI=1S/C33H40F2N4O3/c1-32(34,35)29-12-8-26(9-13-29)21-38-18-15-33(16-19-38)23-39(31(41)42-33)22-27-6-10-28(11-7-27)30(40)37-17-14-24-2-4-25(20-36)5-3-24/h2-5,8-9,12-13,27-28H,6-7,10-11,14-19,21-23H2,1H3,(H,37,40). The monoisotopic (exact) mass is 578 g/mol. The zero-order valence-electron chi connectivity index (χ0n) is 24.3. The fraction of sp³-hybridized carbons (Fsp3) is 0.545. The number of alkyl halides is 2. The summed E-state index contributed by atoms with van der Waals surface area (Å²) in [5.74, 6) is -2.35. The first kappa shape index (κ1) is 30.0. The number of nitrogens with zero attached hydrogens (tertiary/aromatic N) is 3. The van der Waals surface area contributed by atoms with Crippen LogP contribution in [-0.2, 0) is 28.4 Å². The van der Waals surface area contributed by atoms with Crippen molar-refractivity contribution in [2.75, 3.05) is 32.7 Å². The maximum absolute atomic E-state index is 13.5. The van der Waals surface area contributed by atoms with E-state index in [9.17, 15) is 18.4 Å². The second kappa shape index (κ2) is 12.8. The maximum Gasteiger partial charge on any atom is 0.410 e. The van der Waals surface area contributed by atoms with Gasteiger partial charge in [0.15, 0.2) is 0 Å². The van der Waals surface area contributed by atoms with Crippen LogP contribution >= 0.6 is 0 Å². The van der Waals surface area contributed by atoms with Gasteiger partial charge in [0.25, 0.3) is 5.92 Å². The number of carbonyl (C=O) groups is 2. The van der Waals surface area contributed by atoms with Crippen molar-refractivity contribution in [3.05, 3.63) is 70.8 Å². The molecule has 0 unspecified atom stereocenters. The van der Waals surface area contributed by atoms with Gasteiger partial charge >= 0.3 is 6.09 Å². The largest absolute Gasteiger partial charge is 0.441 e. The molecule has 0 aromatic heterocycles. The van der Waals surface area contributed by atoms with E-state index in [0.29, 0.717) is 37.7 Å². The van der Waals surface area contributed by atoms with Crippen LogP contribution in [0.3, 0.4) is 0 Å². The molecule has 3 aliphatic rings. The summed E-state index contributed by atoms with van der Waals surface area (Å²) in [6.45, 7) is 5.03. The minimum absolute atomic E-state index is 0.0121. The Morgan fingerprint density at radius 3 is 2.31 bits per heavy atom. The number of likely N-dealkylation sites (tertiary alicyclic amines) is 1. The van der Waals surface area contributed by atoms with Crippen molar-refractivity contribution in [1.82, 2.24) is 15.1 Å². The number of nitrogens with one attached hydrogen (secondary N) is 1. The third-order valence-electron chi connectivity index (χ3n) is 9.17. The number of piperidine rings is 1. The van der Waals surface area contributed by atoms with Gasteiger partial charge in [-0.3, -0.25) is 9.69 Å². The normalized spacial score (nSPS) is 22.5. The van der Waals surface area contributed by atoms with Gasteiger partial charge in [-0.15, -0.1) is 0 Å². The number of nitriles is 1. The van der Waals surface area contributed by atoms with Crippen LogP contribution in [0.1, 0.15) is 67.7 Å². The lowest BCUT2D eigenvalue weighted by molar-refractivity contribution is -0.126. The second-order valence-electron chi connectivity index (χ2n) is 12.4. The maximum atomic E-state index is 13.5. The fourth-order valence-electron chi connectivity index (χ4n) is 6.51. The Bertz CT molecular complexity index is 1270. The lowest BCUT2D eigenvalue weighted by atomic mass is 9.81. The Morgan fingerprint density at radius 1 is 1.05 bits per heavy atom. The molecule has 0 atom stereocenters. The second-order valence-corrected chi connectivity index (χ2v) is 12.4. The van der Waals surface area contributed by atoms with E-state index in [1.165, 1.54) is 12.1 Å². The first-order chi connectivity index (χ1) is 20.1. The molecule has 2 aliphatic heterocycles. The van der Waals surface area contributed by atoms with Gasteiger partial charge in [-0.05, 0) is 61.3 Å². The van der Waals surface area contributed by atoms with Gasteiger partial charge in [0.05, 0.1) is 18.2 Å². The molecule has 2 heterocycles. The highest BCUT2D eigenvalue weighted by Crippen LogP contribution is 2.36. The van der Waals surface area contributed by atoms with Gasteiger partial charge in [-0.2, -0.15) is 5.26 Å². The zero-order chi connectivity index (χ0) is 29.7. The number of amides is 2. The van der Waals surface area contributed by atoms with Crippen LogP contribution in [0.15, 0.2) is 48.5 Å². The minimum atomic E-state index is -2.84. The average Bonchev–Trinajstić information content (AvgIpc) is 3.28. The molecule has 5 rings (SSSR count). The van der Waals surface area contributed by atoms with E-state index in [1.807, 2.05) is 17.0 Å². The molecule has 1 aliphatic carbocycles. The highest BCUT2D eigenvalue weighted by molar-refractivity contribution is 5.78. The number of rotatable bonds is 9. The summed E-state index contributed by atoms with van der Waals surface area (Å²) in [4.78, 5) is 29.7.